The van der Waals surface area contributed by atoms with Crippen molar-refractivity contribution in [3.8, 4) is 5.75 Å². The highest BCUT2D eigenvalue weighted by molar-refractivity contribution is 7.86. The Morgan fingerprint density at radius 1 is 0.552 bits per heavy atom. The van der Waals surface area contributed by atoms with Gasteiger partial charge in [-0.1, -0.05) is 25.5 Å². The van der Waals surface area contributed by atoms with E-state index in [1.807, 2.05) is 6.92 Å². The molecule has 6 rings (SSSR count). The predicted molar refractivity (Wildman–Crippen MR) is 214 cm³/mol. The van der Waals surface area contributed by atoms with E-state index in [1.54, 1.807) is 0 Å². The molecule has 0 saturated heterocycles. The summed E-state index contributed by atoms with van der Waals surface area (Å²) in [7, 11) is -19.5. The topological polar surface area (TPSA) is 312 Å². The molecule has 0 aliphatic heterocycles. The van der Waals surface area contributed by atoms with Crippen LogP contribution < -0.4 is 5.32 Å². The van der Waals surface area contributed by atoms with Crippen molar-refractivity contribution in [2.75, 3.05) is 11.9 Å². The first kappa shape index (κ1) is 41.8. The molecule has 58 heavy (non-hydrogen) atoms. The molecule has 6 N–H and O–H groups in total. The fourth-order valence-corrected chi connectivity index (χ4v) is 8.30. The Kier molecular flexibility index (Phi) is 11.2. The van der Waals surface area contributed by atoms with Crippen molar-refractivity contribution in [1.29, 1.82) is 0 Å². The summed E-state index contributed by atoms with van der Waals surface area (Å²) in [5, 5.41) is 31.0. The van der Waals surface area contributed by atoms with Gasteiger partial charge in [0.1, 0.15) is 15.5 Å². The molecule has 6 aromatic carbocycles. The SMILES string of the molecule is C=Nc1ccc(N=Nc2ccc(N=Nc3c(S(=O)(=O)O)cc4cc(S(=O)(=O)O)c(NCCCC)cc4c3O)c3cc(S(=O)(=O)O)ccc23)c2cc(S(=O)(=O)O)ccc12. The molecular formula is C35H30N6O13S4. The molecule has 0 heterocycles. The van der Waals surface area contributed by atoms with Gasteiger partial charge in [0.05, 0.1) is 38.2 Å². The van der Waals surface area contributed by atoms with E-state index in [4.69, 9.17) is 0 Å². The number of nitrogens with one attached hydrogen (secondary N) is 1. The van der Waals surface area contributed by atoms with Crippen molar-refractivity contribution >= 4 is 114 Å². The van der Waals surface area contributed by atoms with E-state index in [2.05, 4.69) is 37.5 Å². The van der Waals surface area contributed by atoms with Crippen molar-refractivity contribution in [2.45, 2.75) is 39.3 Å². The molecule has 0 aliphatic carbocycles. The first-order chi connectivity index (χ1) is 27.1. The second kappa shape index (κ2) is 15.5. The number of benzene rings is 6. The van der Waals surface area contributed by atoms with Crippen molar-refractivity contribution < 1.29 is 57.0 Å². The maximum absolute atomic E-state index is 12.6. The smallest absolute Gasteiger partial charge is 0.296 e. The number of aromatic hydroxyl groups is 1. The first-order valence-electron chi connectivity index (χ1n) is 16.5. The van der Waals surface area contributed by atoms with Crippen LogP contribution in [0.5, 0.6) is 5.75 Å². The maximum Gasteiger partial charge on any atom is 0.296 e. The minimum Gasteiger partial charge on any atom is -0.505 e. The van der Waals surface area contributed by atoms with Crippen molar-refractivity contribution in [2.24, 2.45) is 25.4 Å². The molecule has 0 atom stereocenters. The quantitative estimate of drug-likeness (QED) is 0.0276. The lowest BCUT2D eigenvalue weighted by Crippen LogP contribution is -2.08. The van der Waals surface area contributed by atoms with Crippen LogP contribution in [0.15, 0.2) is 124 Å². The van der Waals surface area contributed by atoms with Crippen LogP contribution in [0.4, 0.5) is 34.1 Å². The number of nitrogens with zero attached hydrogens (tertiary/aromatic N) is 5. The van der Waals surface area contributed by atoms with Gasteiger partial charge in [-0.15, -0.1) is 20.5 Å². The molecule has 0 fully saturated rings. The van der Waals surface area contributed by atoms with Crippen LogP contribution in [0.3, 0.4) is 0 Å². The molecule has 0 aliphatic rings. The van der Waals surface area contributed by atoms with E-state index >= 15 is 0 Å². The molecule has 19 nitrogen and oxygen atoms in total. The second-order valence-electron chi connectivity index (χ2n) is 12.5. The van der Waals surface area contributed by atoms with Crippen molar-refractivity contribution in [3.05, 3.63) is 78.9 Å². The third-order valence-corrected chi connectivity index (χ3v) is 12.2. The lowest BCUT2D eigenvalue weighted by Gasteiger charge is -2.14. The van der Waals surface area contributed by atoms with Gasteiger partial charge in [0, 0.05) is 33.5 Å². The van der Waals surface area contributed by atoms with E-state index in [0.29, 0.717) is 17.5 Å². The summed E-state index contributed by atoms with van der Waals surface area (Å²) in [6.45, 7) is 5.65. The standard InChI is InChI=1S/C35H30N6O13S4/c1-3-4-13-37-31-18-24-19(14-32(31)57(49,50)51)15-33(58(52,53)54)34(35(24)42)41-40-30-12-11-28(23-8-6-21(17-26(23)30)56(46,47)48)38-39-29-10-9-27(36-2)22-7-5-20(16-25(22)29)55(43,44)45/h5-12,14-18,37,42H,2-4,13H2,1H3,(H,43,44,45)(H,46,47,48)(H,49,50,51)(H,52,53,54). The summed E-state index contributed by atoms with van der Waals surface area (Å²) in [6.07, 6.45) is 1.32. The Morgan fingerprint density at radius 3 is 1.50 bits per heavy atom. The Bertz CT molecular complexity index is 3230. The van der Waals surface area contributed by atoms with Gasteiger partial charge in [-0.2, -0.15) is 33.7 Å². The van der Waals surface area contributed by atoms with Crippen LogP contribution >= 0.6 is 0 Å². The number of rotatable bonds is 13. The fourth-order valence-electron chi connectivity index (χ4n) is 5.94. The highest BCUT2D eigenvalue weighted by atomic mass is 32.2. The van der Waals surface area contributed by atoms with Gasteiger partial charge in [-0.3, -0.25) is 23.2 Å². The zero-order valence-electron chi connectivity index (χ0n) is 29.7. The van der Waals surface area contributed by atoms with Crippen LogP contribution in [0.1, 0.15) is 19.8 Å². The molecule has 0 bridgehead atoms. The number of aliphatic imine (C=N–C) groups is 1. The largest absolute Gasteiger partial charge is 0.505 e. The normalized spacial score (nSPS) is 13.0. The van der Waals surface area contributed by atoms with Gasteiger partial charge < -0.3 is 10.4 Å². The Labute approximate surface area is 330 Å². The average Bonchev–Trinajstić information content (AvgIpc) is 3.14. The van der Waals surface area contributed by atoms with E-state index < -0.39 is 71.5 Å². The highest BCUT2D eigenvalue weighted by Gasteiger charge is 2.25. The van der Waals surface area contributed by atoms with E-state index in [9.17, 15) is 57.0 Å². The number of fused-ring (bicyclic) bond motifs is 3. The third kappa shape index (κ3) is 8.56. The predicted octanol–water partition coefficient (Wildman–Crippen LogP) is 8.21. The lowest BCUT2D eigenvalue weighted by molar-refractivity contribution is 0.472. The first-order valence-corrected chi connectivity index (χ1v) is 22.3. The summed E-state index contributed by atoms with van der Waals surface area (Å²) in [5.74, 6) is -0.871. The molecule has 0 unspecified atom stereocenters. The molecule has 0 amide bonds. The Hall–Kier alpha value is -5.79. The monoisotopic (exact) mass is 870 g/mol. The van der Waals surface area contributed by atoms with Crippen LogP contribution in [0.25, 0.3) is 32.3 Å². The molecule has 6 aromatic rings. The molecule has 302 valence electrons. The number of anilines is 1. The number of unbranched alkanes of at least 4 members (excludes halogenated alkanes) is 1. The summed E-state index contributed by atoms with van der Waals surface area (Å²) < 4.78 is 137. The Morgan fingerprint density at radius 2 is 1.02 bits per heavy atom. The molecule has 0 aromatic heterocycles. The zero-order chi connectivity index (χ0) is 42.4. The third-order valence-electron chi connectivity index (χ3n) is 8.73. The van der Waals surface area contributed by atoms with Crippen LogP contribution in [0, 0.1) is 0 Å². The fraction of sp³-hybridized carbons (Fsp3) is 0.114. The average molecular weight is 871 g/mol. The molecule has 0 radical (unpaired) electrons. The minimum absolute atomic E-state index is 0.0473. The lowest BCUT2D eigenvalue weighted by atomic mass is 10.1. The Balaban J connectivity index is 1.53. The highest BCUT2D eigenvalue weighted by Crippen LogP contribution is 2.45. The van der Waals surface area contributed by atoms with Crippen molar-refractivity contribution in [3.63, 3.8) is 0 Å². The zero-order valence-corrected chi connectivity index (χ0v) is 33.0. The summed E-state index contributed by atoms with van der Waals surface area (Å²) in [4.78, 5) is 1.25. The van der Waals surface area contributed by atoms with Crippen molar-refractivity contribution in [1.82, 2.24) is 0 Å². The van der Waals surface area contributed by atoms with Crippen LogP contribution in [-0.4, -0.2) is 70.3 Å². The number of hydrogen-bond donors (Lipinski definition) is 6. The number of azo groups is 2. The molecule has 23 heteroatoms. The minimum atomic E-state index is -5.21. The van der Waals surface area contributed by atoms with Crippen LogP contribution in [-0.2, 0) is 40.5 Å². The molecule has 0 spiro atoms. The maximum atomic E-state index is 12.6. The van der Waals surface area contributed by atoms with E-state index in [1.165, 1.54) is 42.5 Å². The van der Waals surface area contributed by atoms with Crippen LogP contribution in [0.2, 0.25) is 0 Å². The summed E-state index contributed by atoms with van der Waals surface area (Å²) in [5.41, 5.74) is -0.536. The van der Waals surface area contributed by atoms with Gasteiger partial charge in [-0.25, -0.2) is 0 Å². The second-order valence-corrected chi connectivity index (χ2v) is 18.1. The summed E-state index contributed by atoms with van der Waals surface area (Å²) >= 11 is 0. The number of phenols is 1. The van der Waals surface area contributed by atoms with Gasteiger partial charge >= 0.3 is 0 Å². The summed E-state index contributed by atoms with van der Waals surface area (Å²) in [6, 6.07) is 15.5. The van der Waals surface area contributed by atoms with Gasteiger partial charge in [-0.05, 0) is 85.3 Å². The molecular weight excluding hydrogens is 841 g/mol. The van der Waals surface area contributed by atoms with Gasteiger partial charge in [0.15, 0.2) is 5.75 Å². The van der Waals surface area contributed by atoms with Gasteiger partial charge in [0.2, 0.25) is 0 Å². The molecule has 0 saturated carbocycles. The number of phenolic OH excluding ortho intramolecular Hbond substituents is 1. The van der Waals surface area contributed by atoms with E-state index in [-0.39, 0.29) is 56.2 Å². The van der Waals surface area contributed by atoms with E-state index in [0.717, 1.165) is 42.8 Å². The number of hydrogen-bond acceptors (Lipinski definition) is 15. The van der Waals surface area contributed by atoms with Gasteiger partial charge in [0.25, 0.3) is 40.5 Å².